The standard InChI is InChI=1S/C18H14Cl2N4O2/c1-26-13-7-5-12(6-8-13)23-17(25)11-9-21-18(22-10-11)24-16-14(19)3-2-4-15(16)20/h2-10H,1H3,(H,23,25)(H,21,22,24). The van der Waals surface area contributed by atoms with Crippen LogP contribution in [0.15, 0.2) is 54.9 Å². The number of anilines is 3. The molecule has 26 heavy (non-hydrogen) atoms. The van der Waals surface area contributed by atoms with Gasteiger partial charge in [0.2, 0.25) is 5.95 Å². The average Bonchev–Trinajstić information content (AvgIpc) is 2.66. The largest absolute Gasteiger partial charge is 0.497 e. The molecule has 2 aromatic carbocycles. The van der Waals surface area contributed by atoms with Gasteiger partial charge in [-0.05, 0) is 36.4 Å². The molecule has 0 aliphatic carbocycles. The molecule has 0 aliphatic heterocycles. The number of aromatic nitrogens is 2. The van der Waals surface area contributed by atoms with Crippen LogP contribution in [0.3, 0.4) is 0 Å². The Balaban J connectivity index is 1.69. The Labute approximate surface area is 160 Å². The van der Waals surface area contributed by atoms with Crippen LogP contribution in [-0.2, 0) is 0 Å². The van der Waals surface area contributed by atoms with Gasteiger partial charge in [-0.2, -0.15) is 0 Å². The SMILES string of the molecule is COc1ccc(NC(=O)c2cnc(Nc3c(Cl)cccc3Cl)nc2)cc1. The van der Waals surface area contributed by atoms with Crippen molar-refractivity contribution < 1.29 is 9.53 Å². The third-order valence-electron chi connectivity index (χ3n) is 3.46. The molecular formula is C18H14Cl2N4O2. The van der Waals surface area contributed by atoms with Gasteiger partial charge in [-0.3, -0.25) is 4.79 Å². The zero-order chi connectivity index (χ0) is 18.5. The van der Waals surface area contributed by atoms with Crippen LogP contribution in [-0.4, -0.2) is 23.0 Å². The predicted octanol–water partition coefficient (Wildman–Crippen LogP) is 4.79. The molecular weight excluding hydrogens is 375 g/mol. The van der Waals surface area contributed by atoms with Crippen LogP contribution in [0.2, 0.25) is 10.0 Å². The Morgan fingerprint density at radius 2 is 1.62 bits per heavy atom. The molecule has 0 atom stereocenters. The number of rotatable bonds is 5. The summed E-state index contributed by atoms with van der Waals surface area (Å²) in [5.74, 6) is 0.665. The summed E-state index contributed by atoms with van der Waals surface area (Å²) in [5.41, 5.74) is 1.46. The summed E-state index contributed by atoms with van der Waals surface area (Å²) >= 11 is 12.2. The summed E-state index contributed by atoms with van der Waals surface area (Å²) in [6, 6.07) is 12.1. The monoisotopic (exact) mass is 388 g/mol. The van der Waals surface area contributed by atoms with E-state index in [9.17, 15) is 4.79 Å². The Hall–Kier alpha value is -2.83. The van der Waals surface area contributed by atoms with Crippen LogP contribution in [0.4, 0.5) is 17.3 Å². The summed E-state index contributed by atoms with van der Waals surface area (Å²) < 4.78 is 5.08. The lowest BCUT2D eigenvalue weighted by Gasteiger charge is -2.09. The van der Waals surface area contributed by atoms with Gasteiger partial charge in [0, 0.05) is 18.1 Å². The molecule has 0 radical (unpaired) electrons. The van der Waals surface area contributed by atoms with Gasteiger partial charge in [0.25, 0.3) is 5.91 Å². The maximum atomic E-state index is 12.3. The second-order valence-electron chi connectivity index (χ2n) is 5.20. The molecule has 0 unspecified atom stereocenters. The highest BCUT2D eigenvalue weighted by Crippen LogP contribution is 2.31. The summed E-state index contributed by atoms with van der Waals surface area (Å²) in [7, 11) is 1.58. The number of nitrogens with one attached hydrogen (secondary N) is 2. The van der Waals surface area contributed by atoms with E-state index in [0.717, 1.165) is 0 Å². The van der Waals surface area contributed by atoms with Gasteiger partial charge in [-0.1, -0.05) is 29.3 Å². The molecule has 8 heteroatoms. The first kappa shape index (κ1) is 18.0. The fraction of sp³-hybridized carbons (Fsp3) is 0.0556. The van der Waals surface area contributed by atoms with Crippen molar-refractivity contribution in [1.82, 2.24) is 9.97 Å². The number of methoxy groups -OCH3 is 1. The first-order chi connectivity index (χ1) is 12.6. The van der Waals surface area contributed by atoms with Crippen molar-refractivity contribution in [3.05, 3.63) is 70.5 Å². The quantitative estimate of drug-likeness (QED) is 0.656. The zero-order valence-electron chi connectivity index (χ0n) is 13.7. The number of halogens is 2. The smallest absolute Gasteiger partial charge is 0.258 e. The molecule has 3 aromatic rings. The second kappa shape index (κ2) is 8.03. The first-order valence-corrected chi connectivity index (χ1v) is 8.31. The summed E-state index contributed by atoms with van der Waals surface area (Å²) in [6.07, 6.45) is 2.83. The number of nitrogens with zero attached hydrogens (tertiary/aromatic N) is 2. The molecule has 0 aliphatic rings. The minimum Gasteiger partial charge on any atom is -0.497 e. The molecule has 0 bridgehead atoms. The van der Waals surface area contributed by atoms with E-state index in [4.69, 9.17) is 27.9 Å². The number of hydrogen-bond acceptors (Lipinski definition) is 5. The van der Waals surface area contributed by atoms with Crippen molar-refractivity contribution >= 4 is 46.4 Å². The first-order valence-electron chi connectivity index (χ1n) is 7.55. The lowest BCUT2D eigenvalue weighted by atomic mass is 10.2. The number of amides is 1. The van der Waals surface area contributed by atoms with E-state index < -0.39 is 0 Å². The van der Waals surface area contributed by atoms with Crippen LogP contribution in [0, 0.1) is 0 Å². The van der Waals surface area contributed by atoms with Crippen molar-refractivity contribution in [2.24, 2.45) is 0 Å². The van der Waals surface area contributed by atoms with Crippen LogP contribution in [0.1, 0.15) is 10.4 Å². The molecule has 1 aromatic heterocycles. The third-order valence-corrected chi connectivity index (χ3v) is 4.09. The van der Waals surface area contributed by atoms with Gasteiger partial charge in [-0.25, -0.2) is 9.97 Å². The summed E-state index contributed by atoms with van der Waals surface area (Å²) in [6.45, 7) is 0. The summed E-state index contributed by atoms with van der Waals surface area (Å²) in [4.78, 5) is 20.5. The lowest BCUT2D eigenvalue weighted by molar-refractivity contribution is 0.102. The zero-order valence-corrected chi connectivity index (χ0v) is 15.2. The maximum absolute atomic E-state index is 12.3. The molecule has 3 rings (SSSR count). The molecule has 6 nitrogen and oxygen atoms in total. The molecule has 0 fully saturated rings. The number of para-hydroxylation sites is 1. The minimum atomic E-state index is -0.322. The highest BCUT2D eigenvalue weighted by atomic mass is 35.5. The highest BCUT2D eigenvalue weighted by molar-refractivity contribution is 6.39. The second-order valence-corrected chi connectivity index (χ2v) is 6.01. The van der Waals surface area contributed by atoms with Gasteiger partial charge in [0.15, 0.2) is 0 Å². The Morgan fingerprint density at radius 1 is 1.00 bits per heavy atom. The average molecular weight is 389 g/mol. The Bertz CT molecular complexity index is 895. The van der Waals surface area contributed by atoms with E-state index in [1.165, 1.54) is 12.4 Å². The topological polar surface area (TPSA) is 76.1 Å². The van der Waals surface area contributed by atoms with Gasteiger partial charge in [0.05, 0.1) is 28.4 Å². The van der Waals surface area contributed by atoms with Crippen LogP contribution in [0.5, 0.6) is 5.75 Å². The molecule has 1 amide bonds. The van der Waals surface area contributed by atoms with E-state index in [1.54, 1.807) is 49.6 Å². The molecule has 2 N–H and O–H groups in total. The van der Waals surface area contributed by atoms with Crippen LogP contribution >= 0.6 is 23.2 Å². The fourth-order valence-electron chi connectivity index (χ4n) is 2.12. The van der Waals surface area contributed by atoms with Crippen molar-refractivity contribution in [1.29, 1.82) is 0 Å². The van der Waals surface area contributed by atoms with Gasteiger partial charge < -0.3 is 15.4 Å². The van der Waals surface area contributed by atoms with Crippen molar-refractivity contribution in [3.8, 4) is 5.75 Å². The molecule has 1 heterocycles. The van der Waals surface area contributed by atoms with Gasteiger partial charge in [-0.15, -0.1) is 0 Å². The number of hydrogen-bond donors (Lipinski definition) is 2. The molecule has 0 saturated carbocycles. The molecule has 0 saturated heterocycles. The van der Waals surface area contributed by atoms with E-state index in [1.807, 2.05) is 0 Å². The van der Waals surface area contributed by atoms with E-state index >= 15 is 0 Å². The number of ether oxygens (including phenoxy) is 1. The van der Waals surface area contributed by atoms with Gasteiger partial charge >= 0.3 is 0 Å². The van der Waals surface area contributed by atoms with Crippen LogP contribution < -0.4 is 15.4 Å². The Morgan fingerprint density at radius 3 is 2.19 bits per heavy atom. The van der Waals surface area contributed by atoms with Crippen molar-refractivity contribution in [2.75, 3.05) is 17.7 Å². The van der Waals surface area contributed by atoms with Gasteiger partial charge in [0.1, 0.15) is 5.75 Å². The maximum Gasteiger partial charge on any atom is 0.258 e. The van der Waals surface area contributed by atoms with Crippen molar-refractivity contribution in [3.63, 3.8) is 0 Å². The van der Waals surface area contributed by atoms with E-state index in [0.29, 0.717) is 32.7 Å². The molecule has 132 valence electrons. The third kappa shape index (κ3) is 4.22. The molecule has 0 spiro atoms. The summed E-state index contributed by atoms with van der Waals surface area (Å²) in [5, 5.41) is 6.59. The van der Waals surface area contributed by atoms with E-state index in [-0.39, 0.29) is 11.9 Å². The predicted molar refractivity (Wildman–Crippen MR) is 103 cm³/mol. The number of benzene rings is 2. The van der Waals surface area contributed by atoms with E-state index in [2.05, 4.69) is 20.6 Å². The van der Waals surface area contributed by atoms with Crippen LogP contribution in [0.25, 0.3) is 0 Å². The Kier molecular flexibility index (Phi) is 5.55. The number of carbonyl (C=O) groups excluding carboxylic acids is 1. The lowest BCUT2D eigenvalue weighted by Crippen LogP contribution is -2.13. The normalized spacial score (nSPS) is 10.3. The minimum absolute atomic E-state index is 0.279. The van der Waals surface area contributed by atoms with Crippen molar-refractivity contribution in [2.45, 2.75) is 0 Å². The highest BCUT2D eigenvalue weighted by Gasteiger charge is 2.10. The number of carbonyl (C=O) groups is 1. The fourth-order valence-corrected chi connectivity index (χ4v) is 2.61.